The summed E-state index contributed by atoms with van der Waals surface area (Å²) >= 11 is 0. The van der Waals surface area contributed by atoms with Crippen molar-refractivity contribution in [3.05, 3.63) is 54.1 Å². The van der Waals surface area contributed by atoms with Gasteiger partial charge in [0.15, 0.2) is 12.7 Å². The summed E-state index contributed by atoms with van der Waals surface area (Å²) < 4.78 is 38.2. The molecule has 1 fully saturated rings. The van der Waals surface area contributed by atoms with E-state index in [9.17, 15) is 18.0 Å². The van der Waals surface area contributed by atoms with Crippen LogP contribution in [0.15, 0.2) is 53.4 Å². The summed E-state index contributed by atoms with van der Waals surface area (Å²) in [6.07, 6.45) is -0.728. The number of hydrogen-bond acceptors (Lipinski definition) is 6. The number of amides is 2. The number of carbonyl (C=O) groups excluding carboxylic acids is 2. The minimum absolute atomic E-state index is 0.0656. The molecule has 0 bridgehead atoms. The van der Waals surface area contributed by atoms with Crippen LogP contribution in [0.2, 0.25) is 0 Å². The summed E-state index contributed by atoms with van der Waals surface area (Å²) in [6, 6.07) is 13.6. The third-order valence-electron chi connectivity index (χ3n) is 5.33. The fourth-order valence-corrected chi connectivity index (χ4v) is 5.14. The number of ether oxygens (including phenoxy) is 2. The predicted octanol–water partition coefficient (Wildman–Crippen LogP) is 1.24. The molecule has 0 radical (unpaired) electrons. The average Bonchev–Trinajstić information content (AvgIpc) is 2.79. The van der Waals surface area contributed by atoms with Crippen LogP contribution >= 0.6 is 0 Å². The number of carbonyl (C=O) groups is 2. The third-order valence-corrected chi connectivity index (χ3v) is 7.23. The molecule has 164 valence electrons. The van der Waals surface area contributed by atoms with E-state index in [4.69, 9.17) is 9.47 Å². The number of sulfonamides is 1. The monoisotopic (exact) mass is 445 g/mol. The van der Waals surface area contributed by atoms with Gasteiger partial charge in [0.1, 0.15) is 5.75 Å². The van der Waals surface area contributed by atoms with Crippen LogP contribution in [0.25, 0.3) is 0 Å². The van der Waals surface area contributed by atoms with E-state index in [0.717, 1.165) is 5.56 Å². The molecule has 0 saturated carbocycles. The first-order valence-electron chi connectivity index (χ1n) is 9.83. The van der Waals surface area contributed by atoms with Gasteiger partial charge in [-0.25, -0.2) is 8.42 Å². The minimum atomic E-state index is -3.78. The molecule has 9 nitrogen and oxygen atoms in total. The molecule has 0 aliphatic carbocycles. The topological polar surface area (TPSA) is 105 Å². The highest BCUT2D eigenvalue weighted by atomic mass is 32.2. The van der Waals surface area contributed by atoms with Gasteiger partial charge in [0.05, 0.1) is 10.6 Å². The summed E-state index contributed by atoms with van der Waals surface area (Å²) in [7, 11) is -2.30. The Morgan fingerprint density at radius 3 is 2.48 bits per heavy atom. The molecule has 2 aliphatic rings. The molecule has 2 heterocycles. The quantitative estimate of drug-likeness (QED) is 0.743. The lowest BCUT2D eigenvalue weighted by Gasteiger charge is -2.35. The summed E-state index contributed by atoms with van der Waals surface area (Å²) in [6.45, 7) is 0.754. The highest BCUT2D eigenvalue weighted by Crippen LogP contribution is 2.31. The van der Waals surface area contributed by atoms with Crippen molar-refractivity contribution in [3.63, 3.8) is 0 Å². The van der Waals surface area contributed by atoms with E-state index in [1.165, 1.54) is 29.6 Å². The number of hydrogen-bond donors (Lipinski definition) is 1. The number of nitrogens with zero attached hydrogens (tertiary/aromatic N) is 2. The Morgan fingerprint density at radius 2 is 1.81 bits per heavy atom. The molecule has 31 heavy (non-hydrogen) atoms. The molecule has 0 aromatic heterocycles. The maximum absolute atomic E-state index is 13.1. The Morgan fingerprint density at radius 1 is 1.10 bits per heavy atom. The fourth-order valence-electron chi connectivity index (χ4n) is 3.69. The standard InChI is InChI=1S/C21H23N3O6S/c1-29-20(15-5-3-2-4-6-15)21(26)23-9-11-24(12-10-23)31(27,28)16-7-8-18-17(13-16)22-19(25)14-30-18/h2-8,13,20H,9-12,14H2,1H3,(H,22,25)/t20-/m1/s1. The van der Waals surface area contributed by atoms with Crippen molar-refractivity contribution >= 4 is 27.5 Å². The number of piperazine rings is 1. The van der Waals surface area contributed by atoms with Gasteiger partial charge in [0.2, 0.25) is 10.0 Å². The van der Waals surface area contributed by atoms with Crippen molar-refractivity contribution in [1.29, 1.82) is 0 Å². The van der Waals surface area contributed by atoms with E-state index in [0.29, 0.717) is 11.4 Å². The summed E-state index contributed by atoms with van der Waals surface area (Å²) in [5, 5.41) is 2.62. The Kier molecular flexibility index (Phi) is 5.94. The second kappa shape index (κ2) is 8.66. The molecule has 1 N–H and O–H groups in total. The number of benzene rings is 2. The van der Waals surface area contributed by atoms with Crippen LogP contribution in [0.1, 0.15) is 11.7 Å². The fraction of sp³-hybridized carbons (Fsp3) is 0.333. The molecule has 4 rings (SSSR count). The third kappa shape index (κ3) is 4.27. The second-order valence-electron chi connectivity index (χ2n) is 7.25. The van der Waals surface area contributed by atoms with E-state index in [1.807, 2.05) is 30.3 Å². The van der Waals surface area contributed by atoms with E-state index in [2.05, 4.69) is 5.32 Å². The lowest BCUT2D eigenvalue weighted by molar-refractivity contribution is -0.143. The van der Waals surface area contributed by atoms with Crippen LogP contribution in [0.3, 0.4) is 0 Å². The zero-order chi connectivity index (χ0) is 22.0. The summed E-state index contributed by atoms with van der Waals surface area (Å²) in [4.78, 5) is 26.1. The van der Waals surface area contributed by atoms with Gasteiger partial charge in [-0.05, 0) is 23.8 Å². The van der Waals surface area contributed by atoms with Crippen LogP contribution in [0.4, 0.5) is 5.69 Å². The Bertz CT molecular complexity index is 1080. The highest BCUT2D eigenvalue weighted by molar-refractivity contribution is 7.89. The van der Waals surface area contributed by atoms with Crippen LogP contribution in [-0.2, 0) is 24.3 Å². The predicted molar refractivity (Wildman–Crippen MR) is 112 cm³/mol. The van der Waals surface area contributed by atoms with Crippen molar-refractivity contribution < 1.29 is 27.5 Å². The van der Waals surface area contributed by atoms with Crippen molar-refractivity contribution in [2.24, 2.45) is 0 Å². The number of nitrogens with one attached hydrogen (secondary N) is 1. The van der Waals surface area contributed by atoms with E-state index in [-0.39, 0.29) is 49.5 Å². The van der Waals surface area contributed by atoms with Crippen molar-refractivity contribution in [3.8, 4) is 5.75 Å². The number of rotatable bonds is 5. The zero-order valence-electron chi connectivity index (χ0n) is 17.0. The number of fused-ring (bicyclic) bond motifs is 1. The van der Waals surface area contributed by atoms with Crippen LogP contribution in [0.5, 0.6) is 5.75 Å². The van der Waals surface area contributed by atoms with Gasteiger partial charge < -0.3 is 19.7 Å². The minimum Gasteiger partial charge on any atom is -0.482 e. The van der Waals surface area contributed by atoms with Gasteiger partial charge >= 0.3 is 0 Å². The second-order valence-corrected chi connectivity index (χ2v) is 9.19. The Labute approximate surface area is 180 Å². The molecule has 10 heteroatoms. The van der Waals surface area contributed by atoms with Crippen molar-refractivity contribution in [2.75, 3.05) is 45.2 Å². The molecule has 2 aromatic rings. The lowest BCUT2D eigenvalue weighted by atomic mass is 10.1. The molecular formula is C21H23N3O6S. The normalized spacial score (nSPS) is 18.0. The number of anilines is 1. The Hall–Kier alpha value is -2.95. The zero-order valence-corrected chi connectivity index (χ0v) is 17.8. The summed E-state index contributed by atoms with van der Waals surface area (Å²) in [5.74, 6) is -0.0971. The largest absolute Gasteiger partial charge is 0.482 e. The van der Waals surface area contributed by atoms with Gasteiger partial charge in [0, 0.05) is 33.3 Å². The van der Waals surface area contributed by atoms with Crippen LogP contribution in [0, 0.1) is 0 Å². The smallest absolute Gasteiger partial charge is 0.262 e. The molecule has 0 spiro atoms. The first-order chi connectivity index (χ1) is 14.9. The van der Waals surface area contributed by atoms with Gasteiger partial charge in [-0.2, -0.15) is 4.31 Å². The van der Waals surface area contributed by atoms with E-state index in [1.54, 1.807) is 4.90 Å². The van der Waals surface area contributed by atoms with Gasteiger partial charge in [0.25, 0.3) is 11.8 Å². The van der Waals surface area contributed by atoms with E-state index >= 15 is 0 Å². The molecule has 1 saturated heterocycles. The molecule has 0 unspecified atom stereocenters. The Balaban J connectivity index is 1.45. The van der Waals surface area contributed by atoms with Gasteiger partial charge in [-0.1, -0.05) is 30.3 Å². The molecular weight excluding hydrogens is 422 g/mol. The number of methoxy groups -OCH3 is 1. The molecule has 2 amide bonds. The first-order valence-corrected chi connectivity index (χ1v) is 11.3. The van der Waals surface area contributed by atoms with Crippen molar-refractivity contribution in [1.82, 2.24) is 9.21 Å². The van der Waals surface area contributed by atoms with Gasteiger partial charge in [-0.15, -0.1) is 0 Å². The molecule has 1 atom stereocenters. The lowest BCUT2D eigenvalue weighted by Crippen LogP contribution is -2.51. The molecule has 2 aliphatic heterocycles. The SMILES string of the molecule is CO[C@@H](C(=O)N1CCN(S(=O)(=O)c2ccc3c(c2)NC(=O)CO3)CC1)c1ccccc1. The average molecular weight is 445 g/mol. The van der Waals surface area contributed by atoms with Crippen LogP contribution < -0.4 is 10.1 Å². The summed E-state index contributed by atoms with van der Waals surface area (Å²) in [5.41, 5.74) is 1.08. The van der Waals surface area contributed by atoms with Crippen LogP contribution in [-0.4, -0.2) is 69.3 Å². The maximum atomic E-state index is 13.1. The highest BCUT2D eigenvalue weighted by Gasteiger charge is 2.33. The molecule has 2 aromatic carbocycles. The van der Waals surface area contributed by atoms with Crippen molar-refractivity contribution in [2.45, 2.75) is 11.0 Å². The maximum Gasteiger partial charge on any atom is 0.262 e. The van der Waals surface area contributed by atoms with E-state index < -0.39 is 16.1 Å². The first kappa shape index (κ1) is 21.3. The van der Waals surface area contributed by atoms with Gasteiger partial charge in [-0.3, -0.25) is 9.59 Å².